The molecule has 17 heavy (non-hydrogen) atoms. The normalized spacial score (nSPS) is 20.6. The molecule has 1 saturated heterocycles. The Labute approximate surface area is 101 Å². The molecule has 0 aromatic carbocycles. The van der Waals surface area contributed by atoms with Gasteiger partial charge in [-0.3, -0.25) is 9.89 Å². The summed E-state index contributed by atoms with van der Waals surface area (Å²) < 4.78 is 5.42. The number of carbonyl (C=O) groups is 1. The minimum atomic E-state index is -0.00115. The van der Waals surface area contributed by atoms with Crippen LogP contribution < -0.4 is 0 Å². The SMILES string of the molecule is CCCc1cc(C(=O)N2CCOC(C)C2)n[nH]1. The quantitative estimate of drug-likeness (QED) is 0.860. The molecule has 0 spiro atoms. The molecule has 2 rings (SSSR count). The third-order valence-electron chi connectivity index (χ3n) is 2.90. The lowest BCUT2D eigenvalue weighted by Gasteiger charge is -2.30. The van der Waals surface area contributed by atoms with E-state index in [1.54, 1.807) is 4.90 Å². The van der Waals surface area contributed by atoms with Gasteiger partial charge in [-0.25, -0.2) is 0 Å². The van der Waals surface area contributed by atoms with Crippen LogP contribution in [-0.2, 0) is 11.2 Å². The fourth-order valence-corrected chi connectivity index (χ4v) is 2.03. The Morgan fingerprint density at radius 2 is 2.53 bits per heavy atom. The van der Waals surface area contributed by atoms with Gasteiger partial charge in [-0.05, 0) is 19.4 Å². The average molecular weight is 237 g/mol. The van der Waals surface area contributed by atoms with E-state index in [1.165, 1.54) is 0 Å². The number of amides is 1. The summed E-state index contributed by atoms with van der Waals surface area (Å²) in [6.07, 6.45) is 2.09. The number of morpholine rings is 1. The Bertz CT molecular complexity index is 389. The maximum Gasteiger partial charge on any atom is 0.274 e. The summed E-state index contributed by atoms with van der Waals surface area (Å²) in [4.78, 5) is 14.0. The number of nitrogens with one attached hydrogen (secondary N) is 1. The van der Waals surface area contributed by atoms with Crippen LogP contribution in [0.2, 0.25) is 0 Å². The van der Waals surface area contributed by atoms with E-state index >= 15 is 0 Å². The molecule has 0 radical (unpaired) electrons. The average Bonchev–Trinajstić information content (AvgIpc) is 2.77. The van der Waals surface area contributed by atoms with Crippen molar-refractivity contribution in [1.82, 2.24) is 15.1 Å². The van der Waals surface area contributed by atoms with E-state index < -0.39 is 0 Å². The zero-order chi connectivity index (χ0) is 12.3. The summed E-state index contributed by atoms with van der Waals surface area (Å²) in [6, 6.07) is 1.85. The lowest BCUT2D eigenvalue weighted by molar-refractivity contribution is -0.0126. The number of carbonyl (C=O) groups excluding carboxylic acids is 1. The van der Waals surface area contributed by atoms with Crippen molar-refractivity contribution in [3.8, 4) is 0 Å². The zero-order valence-corrected chi connectivity index (χ0v) is 10.4. The summed E-state index contributed by atoms with van der Waals surface area (Å²) in [5, 5.41) is 6.99. The second kappa shape index (κ2) is 5.31. The highest BCUT2D eigenvalue weighted by atomic mass is 16.5. The van der Waals surface area contributed by atoms with Gasteiger partial charge in [0, 0.05) is 18.8 Å². The molecule has 0 saturated carbocycles. The van der Waals surface area contributed by atoms with E-state index in [0.29, 0.717) is 25.4 Å². The maximum atomic E-state index is 12.2. The molecule has 1 amide bonds. The van der Waals surface area contributed by atoms with Crippen LogP contribution in [0.5, 0.6) is 0 Å². The van der Waals surface area contributed by atoms with Gasteiger partial charge in [0.15, 0.2) is 0 Å². The molecule has 5 nitrogen and oxygen atoms in total. The second-order valence-electron chi connectivity index (χ2n) is 4.46. The molecule has 94 valence electrons. The monoisotopic (exact) mass is 237 g/mol. The van der Waals surface area contributed by atoms with Crippen molar-refractivity contribution in [1.29, 1.82) is 0 Å². The van der Waals surface area contributed by atoms with E-state index in [4.69, 9.17) is 4.74 Å². The van der Waals surface area contributed by atoms with E-state index in [-0.39, 0.29) is 12.0 Å². The number of H-pyrrole nitrogens is 1. The molecule has 1 fully saturated rings. The molecule has 1 N–H and O–H groups in total. The standard InChI is InChI=1S/C12H19N3O2/c1-3-4-10-7-11(14-13-10)12(16)15-5-6-17-9(2)8-15/h7,9H,3-6,8H2,1-2H3,(H,13,14). The molecule has 1 aliphatic heterocycles. The molecule has 5 heteroatoms. The molecule has 2 heterocycles. The van der Waals surface area contributed by atoms with Crippen LogP contribution in [0.3, 0.4) is 0 Å². The van der Waals surface area contributed by atoms with Gasteiger partial charge in [0.2, 0.25) is 0 Å². The van der Waals surface area contributed by atoms with Crippen molar-refractivity contribution in [2.45, 2.75) is 32.8 Å². The van der Waals surface area contributed by atoms with Crippen LogP contribution in [0.1, 0.15) is 36.5 Å². The summed E-state index contributed by atoms with van der Waals surface area (Å²) in [5.41, 5.74) is 1.54. The first-order valence-electron chi connectivity index (χ1n) is 6.16. The fraction of sp³-hybridized carbons (Fsp3) is 0.667. The Morgan fingerprint density at radius 3 is 3.24 bits per heavy atom. The van der Waals surface area contributed by atoms with Crippen molar-refractivity contribution >= 4 is 5.91 Å². The Hall–Kier alpha value is -1.36. The van der Waals surface area contributed by atoms with Gasteiger partial charge in [-0.1, -0.05) is 13.3 Å². The summed E-state index contributed by atoms with van der Waals surface area (Å²) in [5.74, 6) is -0.00115. The van der Waals surface area contributed by atoms with Gasteiger partial charge in [0.1, 0.15) is 5.69 Å². The molecule has 1 aliphatic rings. The third kappa shape index (κ3) is 2.85. The van der Waals surface area contributed by atoms with Crippen LogP contribution in [0.15, 0.2) is 6.07 Å². The lowest BCUT2D eigenvalue weighted by atomic mass is 10.2. The first-order chi connectivity index (χ1) is 8.20. The molecule has 1 atom stereocenters. The molecule has 1 unspecified atom stereocenters. The van der Waals surface area contributed by atoms with Crippen molar-refractivity contribution in [2.75, 3.05) is 19.7 Å². The summed E-state index contributed by atoms with van der Waals surface area (Å²) >= 11 is 0. The smallest absolute Gasteiger partial charge is 0.274 e. The van der Waals surface area contributed by atoms with Crippen molar-refractivity contribution in [3.05, 3.63) is 17.5 Å². The van der Waals surface area contributed by atoms with E-state index in [1.807, 2.05) is 13.0 Å². The van der Waals surface area contributed by atoms with Crippen molar-refractivity contribution in [2.24, 2.45) is 0 Å². The molecule has 1 aromatic heterocycles. The minimum absolute atomic E-state index is 0.00115. The summed E-state index contributed by atoms with van der Waals surface area (Å²) in [7, 11) is 0. The van der Waals surface area contributed by atoms with Gasteiger partial charge < -0.3 is 9.64 Å². The Morgan fingerprint density at radius 1 is 1.71 bits per heavy atom. The zero-order valence-electron chi connectivity index (χ0n) is 10.4. The van der Waals surface area contributed by atoms with E-state index in [2.05, 4.69) is 17.1 Å². The molecular formula is C12H19N3O2. The van der Waals surface area contributed by atoms with Crippen LogP contribution in [-0.4, -0.2) is 46.8 Å². The van der Waals surface area contributed by atoms with Crippen LogP contribution in [0, 0.1) is 0 Å². The predicted molar refractivity (Wildman–Crippen MR) is 63.9 cm³/mol. The lowest BCUT2D eigenvalue weighted by Crippen LogP contribution is -2.44. The highest BCUT2D eigenvalue weighted by Gasteiger charge is 2.23. The van der Waals surface area contributed by atoms with Crippen LogP contribution in [0.4, 0.5) is 0 Å². The Balaban J connectivity index is 2.02. The maximum absolute atomic E-state index is 12.2. The van der Waals surface area contributed by atoms with Crippen LogP contribution >= 0.6 is 0 Å². The first kappa shape index (κ1) is 12.1. The number of aryl methyl sites for hydroxylation is 1. The van der Waals surface area contributed by atoms with Crippen LogP contribution in [0.25, 0.3) is 0 Å². The third-order valence-corrected chi connectivity index (χ3v) is 2.90. The number of rotatable bonds is 3. The van der Waals surface area contributed by atoms with Gasteiger partial charge in [0.05, 0.1) is 12.7 Å². The van der Waals surface area contributed by atoms with E-state index in [0.717, 1.165) is 18.5 Å². The van der Waals surface area contributed by atoms with Gasteiger partial charge in [-0.2, -0.15) is 5.10 Å². The van der Waals surface area contributed by atoms with E-state index in [9.17, 15) is 4.79 Å². The highest BCUT2D eigenvalue weighted by Crippen LogP contribution is 2.10. The Kier molecular flexibility index (Phi) is 3.78. The predicted octanol–water partition coefficient (Wildman–Crippen LogP) is 1.22. The number of hydrogen-bond acceptors (Lipinski definition) is 3. The molecular weight excluding hydrogens is 218 g/mol. The molecule has 1 aromatic rings. The number of nitrogens with zero attached hydrogens (tertiary/aromatic N) is 2. The second-order valence-corrected chi connectivity index (χ2v) is 4.46. The van der Waals surface area contributed by atoms with Crippen molar-refractivity contribution < 1.29 is 9.53 Å². The van der Waals surface area contributed by atoms with Crippen molar-refractivity contribution in [3.63, 3.8) is 0 Å². The number of hydrogen-bond donors (Lipinski definition) is 1. The minimum Gasteiger partial charge on any atom is -0.375 e. The largest absolute Gasteiger partial charge is 0.375 e. The van der Waals surface area contributed by atoms with Gasteiger partial charge in [-0.15, -0.1) is 0 Å². The first-order valence-corrected chi connectivity index (χ1v) is 6.16. The topological polar surface area (TPSA) is 58.2 Å². The fourth-order valence-electron chi connectivity index (χ4n) is 2.03. The highest BCUT2D eigenvalue weighted by molar-refractivity contribution is 5.92. The molecule has 0 aliphatic carbocycles. The summed E-state index contributed by atoms with van der Waals surface area (Å²) in [6.45, 7) is 5.99. The number of aromatic amines is 1. The number of ether oxygens (including phenoxy) is 1. The van der Waals surface area contributed by atoms with Gasteiger partial charge >= 0.3 is 0 Å². The molecule has 0 bridgehead atoms. The number of aromatic nitrogens is 2. The van der Waals surface area contributed by atoms with Gasteiger partial charge in [0.25, 0.3) is 5.91 Å².